The molecule has 0 aromatic heterocycles. The van der Waals surface area contributed by atoms with E-state index in [9.17, 15) is 4.79 Å². The average Bonchev–Trinajstić information content (AvgIpc) is 3.38. The summed E-state index contributed by atoms with van der Waals surface area (Å²) in [5, 5.41) is 0. The maximum absolute atomic E-state index is 13.0. The van der Waals surface area contributed by atoms with Crippen LogP contribution in [0.2, 0.25) is 0 Å². The van der Waals surface area contributed by atoms with Crippen LogP contribution in [-0.2, 0) is 17.9 Å². The molecule has 2 aromatic rings. The molecular weight excluding hydrogens is 338 g/mol. The molecule has 0 saturated heterocycles. The molecule has 1 heterocycles. The molecule has 1 amide bonds. The van der Waals surface area contributed by atoms with Crippen LogP contribution in [0.3, 0.4) is 0 Å². The lowest BCUT2D eigenvalue weighted by Crippen LogP contribution is -2.30. The standard InChI is InChI=1S/C23H27NO3/c25-23(13-11-18-6-4-5-7-18)24(15-19-8-2-1-3-9-19)16-20-10-12-21-22(14-20)27-17-26-21/h1-3,8-10,12,14,18H,4-7,11,13,15-17H2. The summed E-state index contributed by atoms with van der Waals surface area (Å²) in [5.74, 6) is 2.52. The van der Waals surface area contributed by atoms with E-state index in [0.29, 0.717) is 19.5 Å². The van der Waals surface area contributed by atoms with E-state index >= 15 is 0 Å². The van der Waals surface area contributed by atoms with Crippen molar-refractivity contribution in [3.63, 3.8) is 0 Å². The predicted molar refractivity (Wildman–Crippen MR) is 104 cm³/mol. The first-order valence-corrected chi connectivity index (χ1v) is 9.98. The Labute approximate surface area is 161 Å². The van der Waals surface area contributed by atoms with E-state index in [-0.39, 0.29) is 12.7 Å². The van der Waals surface area contributed by atoms with E-state index in [1.165, 1.54) is 25.7 Å². The largest absolute Gasteiger partial charge is 0.454 e. The van der Waals surface area contributed by atoms with Gasteiger partial charge in [-0.2, -0.15) is 0 Å². The maximum Gasteiger partial charge on any atom is 0.231 e. The second kappa shape index (κ2) is 8.47. The van der Waals surface area contributed by atoms with Crippen LogP contribution in [0.15, 0.2) is 48.5 Å². The van der Waals surface area contributed by atoms with Crippen molar-refractivity contribution >= 4 is 5.91 Å². The van der Waals surface area contributed by atoms with E-state index in [1.807, 2.05) is 41.3 Å². The molecule has 0 spiro atoms. The minimum Gasteiger partial charge on any atom is -0.454 e. The van der Waals surface area contributed by atoms with Crippen molar-refractivity contribution in [1.29, 1.82) is 0 Å². The number of benzene rings is 2. The highest BCUT2D eigenvalue weighted by Crippen LogP contribution is 2.33. The molecule has 1 fully saturated rings. The van der Waals surface area contributed by atoms with Gasteiger partial charge in [-0.15, -0.1) is 0 Å². The van der Waals surface area contributed by atoms with Gasteiger partial charge in [0.25, 0.3) is 0 Å². The van der Waals surface area contributed by atoms with Crippen molar-refractivity contribution in [2.24, 2.45) is 5.92 Å². The predicted octanol–water partition coefficient (Wildman–Crippen LogP) is 4.91. The Morgan fingerprint density at radius 1 is 0.926 bits per heavy atom. The van der Waals surface area contributed by atoms with Gasteiger partial charge in [0.2, 0.25) is 12.7 Å². The molecule has 1 aliphatic heterocycles. The monoisotopic (exact) mass is 365 g/mol. The second-order valence-electron chi connectivity index (χ2n) is 7.61. The molecule has 1 saturated carbocycles. The molecular formula is C23H27NO3. The third kappa shape index (κ3) is 4.62. The number of hydrogen-bond acceptors (Lipinski definition) is 3. The van der Waals surface area contributed by atoms with Crippen molar-refractivity contribution in [3.05, 3.63) is 59.7 Å². The molecule has 0 bridgehead atoms. The highest BCUT2D eigenvalue weighted by Gasteiger charge is 2.21. The van der Waals surface area contributed by atoms with Crippen LogP contribution >= 0.6 is 0 Å². The van der Waals surface area contributed by atoms with Crippen molar-refractivity contribution in [2.75, 3.05) is 6.79 Å². The summed E-state index contributed by atoms with van der Waals surface area (Å²) in [7, 11) is 0. The van der Waals surface area contributed by atoms with E-state index in [2.05, 4.69) is 12.1 Å². The zero-order chi connectivity index (χ0) is 18.5. The summed E-state index contributed by atoms with van der Waals surface area (Å²) in [6, 6.07) is 16.2. The Balaban J connectivity index is 1.45. The molecule has 2 aliphatic rings. The number of amides is 1. The number of carbonyl (C=O) groups excluding carboxylic acids is 1. The lowest BCUT2D eigenvalue weighted by Gasteiger charge is -2.24. The van der Waals surface area contributed by atoms with Crippen molar-refractivity contribution in [3.8, 4) is 11.5 Å². The lowest BCUT2D eigenvalue weighted by molar-refractivity contribution is -0.132. The van der Waals surface area contributed by atoms with Crippen molar-refractivity contribution in [2.45, 2.75) is 51.6 Å². The van der Waals surface area contributed by atoms with Gasteiger partial charge in [-0.05, 0) is 35.6 Å². The third-order valence-electron chi connectivity index (χ3n) is 5.62. The lowest BCUT2D eigenvalue weighted by atomic mass is 10.0. The maximum atomic E-state index is 13.0. The fourth-order valence-corrected chi connectivity index (χ4v) is 4.08. The smallest absolute Gasteiger partial charge is 0.231 e. The van der Waals surface area contributed by atoms with Crippen molar-refractivity contribution in [1.82, 2.24) is 4.90 Å². The summed E-state index contributed by atoms with van der Waals surface area (Å²) >= 11 is 0. The van der Waals surface area contributed by atoms with Gasteiger partial charge in [0.15, 0.2) is 11.5 Å². The molecule has 4 rings (SSSR count). The first-order valence-electron chi connectivity index (χ1n) is 9.98. The van der Waals surface area contributed by atoms with E-state index in [0.717, 1.165) is 35.0 Å². The van der Waals surface area contributed by atoms with Gasteiger partial charge in [0.05, 0.1) is 0 Å². The summed E-state index contributed by atoms with van der Waals surface area (Å²) in [5.41, 5.74) is 2.23. The Hall–Kier alpha value is -2.49. The molecule has 27 heavy (non-hydrogen) atoms. The number of nitrogens with zero attached hydrogens (tertiary/aromatic N) is 1. The van der Waals surface area contributed by atoms with Gasteiger partial charge in [-0.25, -0.2) is 0 Å². The van der Waals surface area contributed by atoms with E-state index < -0.39 is 0 Å². The van der Waals surface area contributed by atoms with Gasteiger partial charge in [0.1, 0.15) is 0 Å². The van der Waals surface area contributed by atoms with Crippen LogP contribution in [0.4, 0.5) is 0 Å². The van der Waals surface area contributed by atoms with Gasteiger partial charge >= 0.3 is 0 Å². The van der Waals surface area contributed by atoms with E-state index in [1.54, 1.807) is 0 Å². The van der Waals surface area contributed by atoms with Crippen LogP contribution in [-0.4, -0.2) is 17.6 Å². The fourth-order valence-electron chi connectivity index (χ4n) is 4.08. The summed E-state index contributed by atoms with van der Waals surface area (Å²) in [6.07, 6.45) is 6.88. The summed E-state index contributed by atoms with van der Waals surface area (Å²) < 4.78 is 10.9. The highest BCUT2D eigenvalue weighted by atomic mass is 16.7. The van der Waals surface area contributed by atoms with Gasteiger partial charge in [-0.3, -0.25) is 4.79 Å². The summed E-state index contributed by atoms with van der Waals surface area (Å²) in [4.78, 5) is 15.0. The second-order valence-corrected chi connectivity index (χ2v) is 7.61. The SMILES string of the molecule is O=C(CCC1CCCC1)N(Cc1ccccc1)Cc1ccc2c(c1)OCO2. The van der Waals surface area contributed by atoms with Gasteiger partial charge in [-0.1, -0.05) is 62.1 Å². The summed E-state index contributed by atoms with van der Waals surface area (Å²) in [6.45, 7) is 1.50. The first-order chi connectivity index (χ1) is 13.3. The van der Waals surface area contributed by atoms with Crippen LogP contribution in [0.5, 0.6) is 11.5 Å². The normalized spacial score (nSPS) is 15.9. The minimum absolute atomic E-state index is 0.239. The molecule has 142 valence electrons. The molecule has 0 radical (unpaired) electrons. The molecule has 2 aromatic carbocycles. The Kier molecular flexibility index (Phi) is 5.61. The van der Waals surface area contributed by atoms with Crippen LogP contribution < -0.4 is 9.47 Å². The highest BCUT2D eigenvalue weighted by molar-refractivity contribution is 5.76. The quantitative estimate of drug-likeness (QED) is 0.699. The first kappa shape index (κ1) is 17.9. The fraction of sp³-hybridized carbons (Fsp3) is 0.435. The number of rotatable bonds is 7. The number of carbonyl (C=O) groups is 1. The van der Waals surface area contributed by atoms with Crippen molar-refractivity contribution < 1.29 is 14.3 Å². The zero-order valence-corrected chi connectivity index (χ0v) is 15.7. The van der Waals surface area contributed by atoms with E-state index in [4.69, 9.17) is 9.47 Å². The van der Waals surface area contributed by atoms with Gasteiger partial charge in [0, 0.05) is 19.5 Å². The zero-order valence-electron chi connectivity index (χ0n) is 15.7. The third-order valence-corrected chi connectivity index (χ3v) is 5.62. The molecule has 0 N–H and O–H groups in total. The minimum atomic E-state index is 0.239. The molecule has 0 atom stereocenters. The Morgan fingerprint density at radius 3 is 2.48 bits per heavy atom. The van der Waals surface area contributed by atoms with Gasteiger partial charge < -0.3 is 14.4 Å². The molecule has 1 aliphatic carbocycles. The number of fused-ring (bicyclic) bond motifs is 1. The molecule has 4 nitrogen and oxygen atoms in total. The van der Waals surface area contributed by atoms with Crippen LogP contribution in [0, 0.1) is 5.92 Å². The Morgan fingerprint density at radius 2 is 1.67 bits per heavy atom. The average molecular weight is 365 g/mol. The topological polar surface area (TPSA) is 38.8 Å². The van der Waals surface area contributed by atoms with Crippen LogP contribution in [0.1, 0.15) is 49.7 Å². The molecule has 0 unspecified atom stereocenters. The molecule has 4 heteroatoms. The number of ether oxygens (including phenoxy) is 2. The van der Waals surface area contributed by atoms with Crippen LogP contribution in [0.25, 0.3) is 0 Å². The Bertz CT molecular complexity index is 768. The number of hydrogen-bond donors (Lipinski definition) is 0.